The van der Waals surface area contributed by atoms with Crippen LogP contribution in [0.1, 0.15) is 25.8 Å². The molecule has 2 rings (SSSR count). The number of hydrogen-bond acceptors (Lipinski definition) is 0. The van der Waals surface area contributed by atoms with Gasteiger partial charge in [0, 0.05) is 16.3 Å². The van der Waals surface area contributed by atoms with Gasteiger partial charge in [-0.2, -0.15) is 0 Å². The molecule has 0 atom stereocenters. The lowest BCUT2D eigenvalue weighted by Gasteiger charge is -2.12. The minimum absolute atomic E-state index is 0.832. The molecule has 0 amide bonds. The third-order valence-electron chi connectivity index (χ3n) is 2.86. The van der Waals surface area contributed by atoms with E-state index in [-0.39, 0.29) is 0 Å². The Balaban J connectivity index is 2.71. The molecule has 2 aromatic carbocycles. The van der Waals surface area contributed by atoms with Gasteiger partial charge < -0.3 is 0 Å². The van der Waals surface area contributed by atoms with Crippen molar-refractivity contribution in [2.24, 2.45) is 0 Å². The maximum atomic E-state index is 6.17. The van der Waals surface area contributed by atoms with Crippen LogP contribution in [-0.2, 0) is 0 Å². The molecule has 0 aliphatic carbocycles. The Morgan fingerprint density at radius 3 is 2.40 bits per heavy atom. The molecular formula is C14H14Cl. The van der Waals surface area contributed by atoms with E-state index in [0.29, 0.717) is 0 Å². The molecule has 2 aromatic rings. The molecule has 0 aliphatic rings. The molecule has 0 nitrogen and oxygen atoms in total. The van der Waals surface area contributed by atoms with Crippen LogP contribution in [0.3, 0.4) is 0 Å². The van der Waals surface area contributed by atoms with Gasteiger partial charge in [0.25, 0.3) is 0 Å². The summed E-state index contributed by atoms with van der Waals surface area (Å²) >= 11 is 6.17. The Morgan fingerprint density at radius 1 is 1.07 bits per heavy atom. The van der Waals surface area contributed by atoms with Crippen LogP contribution in [-0.4, -0.2) is 0 Å². The predicted molar refractivity (Wildman–Crippen MR) is 67.3 cm³/mol. The molecule has 1 radical (unpaired) electrons. The van der Waals surface area contributed by atoms with Crippen LogP contribution in [0.5, 0.6) is 0 Å². The maximum absolute atomic E-state index is 6.17. The first-order valence-corrected chi connectivity index (χ1v) is 5.62. The van der Waals surface area contributed by atoms with Crippen LogP contribution in [0.2, 0.25) is 5.02 Å². The zero-order valence-electron chi connectivity index (χ0n) is 9.05. The first-order chi connectivity index (χ1) is 7.24. The topological polar surface area (TPSA) is 0 Å². The summed E-state index contributed by atoms with van der Waals surface area (Å²) in [6.07, 6.45) is 1.08. The van der Waals surface area contributed by atoms with Gasteiger partial charge in [0.15, 0.2) is 0 Å². The standard InChI is InChI=1S/C14H14Cl/c1-3-10(2)11-8-9-14(15)13-7-5-4-6-12(11)13/h4-9H,3H2,1-2H3. The molecular weight excluding hydrogens is 204 g/mol. The van der Waals surface area contributed by atoms with E-state index in [9.17, 15) is 0 Å². The second-order valence-corrected chi connectivity index (χ2v) is 4.18. The Kier molecular flexibility index (Phi) is 2.97. The first-order valence-electron chi connectivity index (χ1n) is 5.24. The first kappa shape index (κ1) is 10.5. The van der Waals surface area contributed by atoms with Crippen LogP contribution in [0, 0.1) is 5.92 Å². The number of fused-ring (bicyclic) bond motifs is 1. The fourth-order valence-electron chi connectivity index (χ4n) is 1.82. The highest BCUT2D eigenvalue weighted by Crippen LogP contribution is 2.31. The lowest BCUT2D eigenvalue weighted by Crippen LogP contribution is -1.93. The van der Waals surface area contributed by atoms with Gasteiger partial charge in [-0.3, -0.25) is 0 Å². The quantitative estimate of drug-likeness (QED) is 0.675. The molecule has 0 bridgehead atoms. The summed E-state index contributed by atoms with van der Waals surface area (Å²) in [6, 6.07) is 12.4. The van der Waals surface area contributed by atoms with Crippen molar-refractivity contribution < 1.29 is 0 Å². The van der Waals surface area contributed by atoms with Gasteiger partial charge in [-0.15, -0.1) is 0 Å². The molecule has 0 heterocycles. The molecule has 15 heavy (non-hydrogen) atoms. The minimum atomic E-state index is 0.832. The van der Waals surface area contributed by atoms with Gasteiger partial charge in [0.2, 0.25) is 0 Å². The van der Waals surface area contributed by atoms with E-state index in [0.717, 1.165) is 16.8 Å². The zero-order chi connectivity index (χ0) is 10.8. The number of halogens is 1. The van der Waals surface area contributed by atoms with E-state index in [1.165, 1.54) is 16.9 Å². The van der Waals surface area contributed by atoms with Crippen molar-refractivity contribution >= 4 is 22.4 Å². The average molecular weight is 218 g/mol. The van der Waals surface area contributed by atoms with E-state index in [4.69, 9.17) is 11.6 Å². The van der Waals surface area contributed by atoms with Crippen molar-refractivity contribution in [1.82, 2.24) is 0 Å². The summed E-state index contributed by atoms with van der Waals surface area (Å²) in [5, 5.41) is 3.23. The molecule has 0 saturated carbocycles. The smallest absolute Gasteiger partial charge is 0.0484 e. The van der Waals surface area contributed by atoms with Gasteiger partial charge in [0.05, 0.1) is 0 Å². The average Bonchev–Trinajstić information content (AvgIpc) is 2.29. The SMILES string of the molecule is CC[C](C)c1ccc(Cl)c2ccccc12. The normalized spacial score (nSPS) is 11.2. The van der Waals surface area contributed by atoms with E-state index in [2.05, 4.69) is 38.1 Å². The van der Waals surface area contributed by atoms with E-state index >= 15 is 0 Å². The molecule has 77 valence electrons. The second kappa shape index (κ2) is 4.24. The molecule has 0 aliphatic heterocycles. The van der Waals surface area contributed by atoms with Gasteiger partial charge >= 0.3 is 0 Å². The molecule has 0 aromatic heterocycles. The molecule has 0 N–H and O–H groups in total. The lowest BCUT2D eigenvalue weighted by molar-refractivity contribution is 0.965. The van der Waals surface area contributed by atoms with Crippen LogP contribution in [0.15, 0.2) is 36.4 Å². The molecule has 1 heteroatoms. The Bertz CT molecular complexity index is 474. The number of benzene rings is 2. The highest BCUT2D eigenvalue weighted by molar-refractivity contribution is 6.35. The van der Waals surface area contributed by atoms with Crippen LogP contribution < -0.4 is 0 Å². The predicted octanol–water partition coefficient (Wildman–Crippen LogP) is 4.85. The van der Waals surface area contributed by atoms with Crippen LogP contribution >= 0.6 is 11.6 Å². The van der Waals surface area contributed by atoms with Gasteiger partial charge in [-0.1, -0.05) is 55.8 Å². The van der Waals surface area contributed by atoms with Crippen molar-refractivity contribution in [1.29, 1.82) is 0 Å². The van der Waals surface area contributed by atoms with Gasteiger partial charge in [-0.25, -0.2) is 0 Å². The van der Waals surface area contributed by atoms with E-state index < -0.39 is 0 Å². The van der Waals surface area contributed by atoms with Gasteiger partial charge in [0.1, 0.15) is 0 Å². The largest absolute Gasteiger partial charge is 0.0837 e. The van der Waals surface area contributed by atoms with Crippen molar-refractivity contribution in [2.45, 2.75) is 20.3 Å². The minimum Gasteiger partial charge on any atom is -0.0837 e. The summed E-state index contributed by atoms with van der Waals surface area (Å²) in [7, 11) is 0. The third-order valence-corrected chi connectivity index (χ3v) is 3.19. The fraction of sp³-hybridized carbons (Fsp3) is 0.214. The Hall–Kier alpha value is -1.01. The van der Waals surface area contributed by atoms with Gasteiger partial charge in [-0.05, 0) is 23.4 Å². The highest BCUT2D eigenvalue weighted by atomic mass is 35.5. The van der Waals surface area contributed by atoms with Crippen molar-refractivity contribution in [3.63, 3.8) is 0 Å². The molecule has 0 unspecified atom stereocenters. The van der Waals surface area contributed by atoms with E-state index in [1.807, 2.05) is 12.1 Å². The molecule has 0 fully saturated rings. The Labute approximate surface area is 95.9 Å². The van der Waals surface area contributed by atoms with Crippen molar-refractivity contribution in [3.8, 4) is 0 Å². The summed E-state index contributed by atoms with van der Waals surface area (Å²) in [4.78, 5) is 0. The zero-order valence-corrected chi connectivity index (χ0v) is 9.81. The second-order valence-electron chi connectivity index (χ2n) is 3.77. The number of hydrogen-bond donors (Lipinski definition) is 0. The summed E-state index contributed by atoms with van der Waals surface area (Å²) < 4.78 is 0. The monoisotopic (exact) mass is 217 g/mol. The van der Waals surface area contributed by atoms with Crippen LogP contribution in [0.4, 0.5) is 0 Å². The van der Waals surface area contributed by atoms with Crippen molar-refractivity contribution in [3.05, 3.63) is 52.9 Å². The van der Waals surface area contributed by atoms with Crippen LogP contribution in [0.25, 0.3) is 10.8 Å². The summed E-state index contributed by atoms with van der Waals surface area (Å²) in [5.41, 5.74) is 1.32. The van der Waals surface area contributed by atoms with Crippen molar-refractivity contribution in [2.75, 3.05) is 0 Å². The highest BCUT2D eigenvalue weighted by Gasteiger charge is 2.09. The lowest BCUT2D eigenvalue weighted by atomic mass is 9.93. The number of rotatable bonds is 2. The molecule has 0 saturated heterocycles. The molecule has 0 spiro atoms. The third kappa shape index (κ3) is 1.87. The maximum Gasteiger partial charge on any atom is 0.0484 e. The Morgan fingerprint density at radius 2 is 1.73 bits per heavy atom. The summed E-state index contributed by atoms with van der Waals surface area (Å²) in [6.45, 7) is 4.36. The summed E-state index contributed by atoms with van der Waals surface area (Å²) in [5.74, 6) is 1.41. The fourth-order valence-corrected chi connectivity index (χ4v) is 2.05. The van der Waals surface area contributed by atoms with E-state index in [1.54, 1.807) is 0 Å².